The Morgan fingerprint density at radius 3 is 2.58 bits per heavy atom. The lowest BCUT2D eigenvalue weighted by Crippen LogP contribution is -2.61. The minimum atomic E-state index is 0.237. The van der Waals surface area contributed by atoms with Crippen LogP contribution in [0.4, 0.5) is 0 Å². The van der Waals surface area contributed by atoms with Crippen molar-refractivity contribution in [3.8, 4) is 0 Å². The third-order valence-electron chi connectivity index (χ3n) is 4.32. The van der Waals surface area contributed by atoms with Gasteiger partial charge in [-0.05, 0) is 50.3 Å². The predicted octanol–water partition coefficient (Wildman–Crippen LogP) is 3.41. The van der Waals surface area contributed by atoms with Crippen molar-refractivity contribution in [2.24, 2.45) is 5.92 Å². The van der Waals surface area contributed by atoms with E-state index in [0.29, 0.717) is 0 Å². The predicted molar refractivity (Wildman–Crippen MR) is 83.1 cm³/mol. The van der Waals surface area contributed by atoms with E-state index in [-0.39, 0.29) is 5.54 Å². The fourth-order valence-electron chi connectivity index (χ4n) is 3.13. The number of nitrogens with one attached hydrogen (secondary N) is 1. The van der Waals surface area contributed by atoms with E-state index in [9.17, 15) is 0 Å². The second-order valence-corrected chi connectivity index (χ2v) is 7.62. The molecule has 1 aromatic carbocycles. The van der Waals surface area contributed by atoms with Crippen LogP contribution in [0.25, 0.3) is 0 Å². The van der Waals surface area contributed by atoms with Gasteiger partial charge in [-0.25, -0.2) is 0 Å². The Labute approximate surface area is 124 Å². The molecule has 19 heavy (non-hydrogen) atoms. The summed E-state index contributed by atoms with van der Waals surface area (Å²) >= 11 is 3.51. The number of piperazine rings is 1. The van der Waals surface area contributed by atoms with Crippen molar-refractivity contribution in [2.75, 3.05) is 13.1 Å². The first-order chi connectivity index (χ1) is 9.03. The number of benzene rings is 1. The number of nitrogens with zero attached hydrogens (tertiary/aromatic N) is 1. The summed E-state index contributed by atoms with van der Waals surface area (Å²) in [7, 11) is 0. The zero-order valence-electron chi connectivity index (χ0n) is 11.8. The summed E-state index contributed by atoms with van der Waals surface area (Å²) in [6.45, 7) is 7.99. The summed E-state index contributed by atoms with van der Waals surface area (Å²) in [5, 5.41) is 3.71. The summed E-state index contributed by atoms with van der Waals surface area (Å²) in [6, 6.07) is 9.51. The lowest BCUT2D eigenvalue weighted by molar-refractivity contribution is 0.0759. The SMILES string of the molecule is CC1(C)CN(Cc2ccc(Br)cc2)C(C2CC2)CN1. The van der Waals surface area contributed by atoms with Gasteiger partial charge < -0.3 is 5.32 Å². The zero-order chi connectivity index (χ0) is 13.5. The van der Waals surface area contributed by atoms with Crippen LogP contribution in [0.15, 0.2) is 28.7 Å². The quantitative estimate of drug-likeness (QED) is 0.917. The molecular weight excluding hydrogens is 300 g/mol. The van der Waals surface area contributed by atoms with Gasteiger partial charge >= 0.3 is 0 Å². The third kappa shape index (κ3) is 3.39. The molecular formula is C16H23BrN2. The van der Waals surface area contributed by atoms with Crippen LogP contribution in [0.5, 0.6) is 0 Å². The van der Waals surface area contributed by atoms with Gasteiger partial charge in [-0.2, -0.15) is 0 Å². The molecule has 0 aromatic heterocycles. The molecule has 0 spiro atoms. The lowest BCUT2D eigenvalue weighted by Gasteiger charge is -2.45. The van der Waals surface area contributed by atoms with Gasteiger partial charge in [-0.15, -0.1) is 0 Å². The molecule has 1 atom stereocenters. The summed E-state index contributed by atoms with van der Waals surface area (Å²) < 4.78 is 1.16. The zero-order valence-corrected chi connectivity index (χ0v) is 13.4. The van der Waals surface area contributed by atoms with Crippen molar-refractivity contribution in [3.63, 3.8) is 0 Å². The van der Waals surface area contributed by atoms with Crippen molar-refractivity contribution in [1.82, 2.24) is 10.2 Å². The third-order valence-corrected chi connectivity index (χ3v) is 4.85. The molecule has 1 aromatic rings. The van der Waals surface area contributed by atoms with E-state index in [0.717, 1.165) is 36.1 Å². The second-order valence-electron chi connectivity index (χ2n) is 6.70. The summed E-state index contributed by atoms with van der Waals surface area (Å²) in [5.74, 6) is 0.930. The monoisotopic (exact) mass is 322 g/mol. The van der Waals surface area contributed by atoms with E-state index >= 15 is 0 Å². The molecule has 0 amide bonds. The minimum absolute atomic E-state index is 0.237. The Morgan fingerprint density at radius 1 is 1.26 bits per heavy atom. The smallest absolute Gasteiger partial charge is 0.0253 e. The van der Waals surface area contributed by atoms with Crippen LogP contribution >= 0.6 is 15.9 Å². The Kier molecular flexibility index (Phi) is 3.71. The van der Waals surface area contributed by atoms with Crippen LogP contribution in [0.1, 0.15) is 32.3 Å². The Morgan fingerprint density at radius 2 is 1.95 bits per heavy atom. The molecule has 1 unspecified atom stereocenters. The van der Waals surface area contributed by atoms with Crippen LogP contribution in [0.3, 0.4) is 0 Å². The molecule has 3 heteroatoms. The first kappa shape index (κ1) is 13.6. The summed E-state index contributed by atoms with van der Waals surface area (Å²) in [5.41, 5.74) is 1.66. The van der Waals surface area contributed by atoms with Crippen molar-refractivity contribution in [2.45, 2.75) is 44.8 Å². The van der Waals surface area contributed by atoms with Gasteiger partial charge in [0.1, 0.15) is 0 Å². The largest absolute Gasteiger partial charge is 0.309 e. The molecule has 0 bridgehead atoms. The van der Waals surface area contributed by atoms with Gasteiger partial charge in [0.2, 0.25) is 0 Å². The van der Waals surface area contributed by atoms with Gasteiger partial charge in [0.05, 0.1) is 0 Å². The molecule has 104 valence electrons. The van der Waals surface area contributed by atoms with E-state index in [2.05, 4.69) is 64.3 Å². The van der Waals surface area contributed by atoms with Gasteiger partial charge in [-0.3, -0.25) is 4.90 Å². The fourth-order valence-corrected chi connectivity index (χ4v) is 3.40. The van der Waals surface area contributed by atoms with E-state index in [4.69, 9.17) is 0 Å². The summed E-state index contributed by atoms with van der Waals surface area (Å²) in [6.07, 6.45) is 2.84. The molecule has 2 fully saturated rings. The van der Waals surface area contributed by atoms with Gasteiger partial charge in [-0.1, -0.05) is 28.1 Å². The van der Waals surface area contributed by atoms with Crippen LogP contribution in [0, 0.1) is 5.92 Å². The van der Waals surface area contributed by atoms with Gasteiger partial charge in [0.25, 0.3) is 0 Å². The molecule has 1 aliphatic heterocycles. The average molecular weight is 323 g/mol. The van der Waals surface area contributed by atoms with Gasteiger partial charge in [0, 0.05) is 35.7 Å². The van der Waals surface area contributed by atoms with Crippen LogP contribution in [0.2, 0.25) is 0 Å². The maximum Gasteiger partial charge on any atom is 0.0253 e. The summed E-state index contributed by atoms with van der Waals surface area (Å²) in [4.78, 5) is 2.69. The lowest BCUT2D eigenvalue weighted by atomic mass is 9.96. The van der Waals surface area contributed by atoms with Crippen LogP contribution in [-0.2, 0) is 6.54 Å². The Hall–Kier alpha value is -0.380. The molecule has 2 nitrogen and oxygen atoms in total. The van der Waals surface area contributed by atoms with E-state index in [1.165, 1.54) is 18.4 Å². The molecule has 1 heterocycles. The molecule has 2 aliphatic rings. The molecule has 1 aliphatic carbocycles. The van der Waals surface area contributed by atoms with Gasteiger partial charge in [0.15, 0.2) is 0 Å². The number of hydrogen-bond acceptors (Lipinski definition) is 2. The number of hydrogen-bond donors (Lipinski definition) is 1. The second kappa shape index (κ2) is 5.19. The maximum atomic E-state index is 3.71. The first-order valence-electron chi connectivity index (χ1n) is 7.27. The van der Waals surface area contributed by atoms with Crippen LogP contribution in [-0.4, -0.2) is 29.6 Å². The highest BCUT2D eigenvalue weighted by atomic mass is 79.9. The van der Waals surface area contributed by atoms with Crippen molar-refractivity contribution >= 4 is 15.9 Å². The molecule has 1 saturated heterocycles. The minimum Gasteiger partial charge on any atom is -0.309 e. The standard InChI is InChI=1S/C16H23BrN2/c1-16(2)11-19(15(9-18-16)13-5-6-13)10-12-3-7-14(17)8-4-12/h3-4,7-8,13,15,18H,5-6,9-11H2,1-2H3. The highest BCUT2D eigenvalue weighted by molar-refractivity contribution is 9.10. The van der Waals surface area contributed by atoms with Crippen LogP contribution < -0.4 is 5.32 Å². The van der Waals surface area contributed by atoms with E-state index in [1.54, 1.807) is 0 Å². The first-order valence-corrected chi connectivity index (χ1v) is 8.06. The van der Waals surface area contributed by atoms with E-state index < -0.39 is 0 Å². The highest BCUT2D eigenvalue weighted by Gasteiger charge is 2.40. The molecule has 1 saturated carbocycles. The number of halogens is 1. The highest BCUT2D eigenvalue weighted by Crippen LogP contribution is 2.37. The molecule has 1 N–H and O–H groups in total. The normalized spacial score (nSPS) is 27.4. The van der Waals surface area contributed by atoms with E-state index in [1.807, 2.05) is 0 Å². The fraction of sp³-hybridized carbons (Fsp3) is 0.625. The molecule has 0 radical (unpaired) electrons. The van der Waals surface area contributed by atoms with Crippen molar-refractivity contribution in [3.05, 3.63) is 34.3 Å². The maximum absolute atomic E-state index is 3.71. The Bertz CT molecular complexity index is 437. The Balaban J connectivity index is 1.73. The number of rotatable bonds is 3. The average Bonchev–Trinajstić information content (AvgIpc) is 3.15. The van der Waals surface area contributed by atoms with Crippen molar-refractivity contribution < 1.29 is 0 Å². The topological polar surface area (TPSA) is 15.3 Å². The molecule has 3 rings (SSSR count). The van der Waals surface area contributed by atoms with Crippen molar-refractivity contribution in [1.29, 1.82) is 0 Å².